The number of fused-ring (bicyclic) bond motifs is 1. The molecule has 1 aromatic carbocycles. The summed E-state index contributed by atoms with van der Waals surface area (Å²) in [5.41, 5.74) is 8.48. The molecule has 1 aliphatic rings. The Balaban J connectivity index is 1.55. The fourth-order valence-electron chi connectivity index (χ4n) is 2.75. The number of nitrogens with one attached hydrogen (secondary N) is 1. The standard InChI is InChI=1S/C16H18N4O3/c17-15-13-8-12(6-7-14(13)19-20(15)10-21)18-16(22)23-9-11-4-2-1-3-5-11/h1-5,10,12H,6-9,17H2,(H,18,22)/t12-/m0/s1. The lowest BCUT2D eigenvalue weighted by molar-refractivity contribution is 0.134. The maximum Gasteiger partial charge on any atom is 0.407 e. The number of nitrogens with two attached hydrogens (primary N) is 1. The minimum atomic E-state index is -0.455. The highest BCUT2D eigenvalue weighted by atomic mass is 16.5. The molecule has 0 fully saturated rings. The van der Waals surface area contributed by atoms with Crippen LogP contribution in [0.15, 0.2) is 30.3 Å². The molecule has 1 aromatic heterocycles. The molecule has 3 rings (SSSR count). The summed E-state index contributed by atoms with van der Waals surface area (Å²) >= 11 is 0. The number of alkyl carbamates (subject to hydrolysis) is 1. The lowest BCUT2D eigenvalue weighted by Gasteiger charge is -2.22. The van der Waals surface area contributed by atoms with Crippen molar-refractivity contribution in [3.05, 3.63) is 47.2 Å². The van der Waals surface area contributed by atoms with Gasteiger partial charge in [0, 0.05) is 11.6 Å². The molecule has 0 aliphatic heterocycles. The zero-order chi connectivity index (χ0) is 16.2. The first-order valence-corrected chi connectivity index (χ1v) is 7.45. The van der Waals surface area contributed by atoms with Crippen LogP contribution in [-0.4, -0.2) is 28.3 Å². The molecule has 1 atom stereocenters. The number of anilines is 1. The number of hydrogen-bond acceptors (Lipinski definition) is 5. The van der Waals surface area contributed by atoms with Crippen LogP contribution < -0.4 is 11.1 Å². The maximum atomic E-state index is 11.9. The molecule has 0 saturated heterocycles. The van der Waals surface area contributed by atoms with Gasteiger partial charge in [-0.2, -0.15) is 9.78 Å². The fraction of sp³-hybridized carbons (Fsp3) is 0.312. The molecule has 7 nitrogen and oxygen atoms in total. The molecule has 2 aromatic rings. The minimum absolute atomic E-state index is 0.0719. The normalized spacial score (nSPS) is 16.4. The number of carbonyl (C=O) groups is 2. The number of nitrogens with zero attached hydrogens (tertiary/aromatic N) is 2. The van der Waals surface area contributed by atoms with Gasteiger partial charge >= 0.3 is 6.09 Å². The van der Waals surface area contributed by atoms with Gasteiger partial charge in [-0.25, -0.2) is 4.79 Å². The first kappa shape index (κ1) is 15.1. The second-order valence-electron chi connectivity index (χ2n) is 5.51. The molecular formula is C16H18N4O3. The van der Waals surface area contributed by atoms with E-state index in [-0.39, 0.29) is 12.6 Å². The average molecular weight is 314 g/mol. The van der Waals surface area contributed by atoms with Crippen molar-refractivity contribution in [2.45, 2.75) is 31.9 Å². The largest absolute Gasteiger partial charge is 0.445 e. The highest BCUT2D eigenvalue weighted by Gasteiger charge is 2.26. The van der Waals surface area contributed by atoms with Crippen molar-refractivity contribution in [3.63, 3.8) is 0 Å². The van der Waals surface area contributed by atoms with Crippen LogP contribution in [0.25, 0.3) is 0 Å². The molecular weight excluding hydrogens is 296 g/mol. The molecule has 1 aliphatic carbocycles. The predicted octanol–water partition coefficient (Wildman–Crippen LogP) is 1.29. The number of nitrogen functional groups attached to an aromatic ring is 1. The smallest absolute Gasteiger partial charge is 0.407 e. The van der Waals surface area contributed by atoms with Crippen LogP contribution in [0.1, 0.15) is 23.2 Å². The average Bonchev–Trinajstić information content (AvgIpc) is 2.90. The molecule has 120 valence electrons. The van der Waals surface area contributed by atoms with Crippen LogP contribution in [-0.2, 0) is 29.0 Å². The zero-order valence-electron chi connectivity index (χ0n) is 12.6. The van der Waals surface area contributed by atoms with Gasteiger partial charge in [0.15, 0.2) is 0 Å². The van der Waals surface area contributed by atoms with E-state index in [0.29, 0.717) is 25.1 Å². The van der Waals surface area contributed by atoms with Crippen molar-refractivity contribution < 1.29 is 14.3 Å². The Labute approximate surface area is 133 Å². The number of rotatable bonds is 4. The number of benzene rings is 1. The number of carbonyl (C=O) groups excluding carboxylic acids is 2. The van der Waals surface area contributed by atoms with Crippen LogP contribution in [0.4, 0.5) is 10.6 Å². The Kier molecular flexibility index (Phi) is 4.27. The van der Waals surface area contributed by atoms with Gasteiger partial charge in [-0.3, -0.25) is 4.79 Å². The third-order valence-corrected chi connectivity index (χ3v) is 3.95. The van der Waals surface area contributed by atoms with Crippen molar-refractivity contribution in [2.75, 3.05) is 5.73 Å². The Morgan fingerprint density at radius 1 is 1.43 bits per heavy atom. The van der Waals surface area contributed by atoms with Gasteiger partial charge in [0.05, 0.1) is 5.69 Å². The van der Waals surface area contributed by atoms with E-state index in [1.165, 1.54) is 0 Å². The molecule has 23 heavy (non-hydrogen) atoms. The van der Waals surface area contributed by atoms with Crippen LogP contribution >= 0.6 is 0 Å². The predicted molar refractivity (Wildman–Crippen MR) is 84.4 cm³/mol. The molecule has 0 bridgehead atoms. The van der Waals surface area contributed by atoms with Crippen LogP contribution in [0.5, 0.6) is 0 Å². The van der Waals surface area contributed by atoms with Gasteiger partial charge < -0.3 is 15.8 Å². The number of ether oxygens (including phenoxy) is 1. The monoisotopic (exact) mass is 314 g/mol. The third-order valence-electron chi connectivity index (χ3n) is 3.95. The second-order valence-corrected chi connectivity index (χ2v) is 5.51. The Morgan fingerprint density at radius 3 is 2.96 bits per heavy atom. The first-order chi connectivity index (χ1) is 11.2. The van der Waals surface area contributed by atoms with Gasteiger partial charge in [0.2, 0.25) is 6.41 Å². The summed E-state index contributed by atoms with van der Waals surface area (Å²) in [6, 6.07) is 9.42. The van der Waals surface area contributed by atoms with Crippen molar-refractivity contribution in [3.8, 4) is 0 Å². The highest BCUT2D eigenvalue weighted by molar-refractivity contribution is 5.68. The number of hydrogen-bond donors (Lipinski definition) is 2. The number of aromatic nitrogens is 2. The summed E-state index contributed by atoms with van der Waals surface area (Å²) in [5.74, 6) is 0.346. The first-order valence-electron chi connectivity index (χ1n) is 7.45. The lowest BCUT2D eigenvalue weighted by Crippen LogP contribution is -2.39. The van der Waals surface area contributed by atoms with Crippen LogP contribution in [0, 0.1) is 0 Å². The summed E-state index contributed by atoms with van der Waals surface area (Å²) in [4.78, 5) is 22.8. The van der Waals surface area contributed by atoms with Gasteiger partial charge in [-0.15, -0.1) is 0 Å². The fourth-order valence-corrected chi connectivity index (χ4v) is 2.75. The van der Waals surface area contributed by atoms with Crippen molar-refractivity contribution in [2.24, 2.45) is 0 Å². The Hall–Kier alpha value is -2.83. The van der Waals surface area contributed by atoms with Crippen LogP contribution in [0.3, 0.4) is 0 Å². The molecule has 1 heterocycles. The van der Waals surface area contributed by atoms with Crippen molar-refractivity contribution >= 4 is 18.3 Å². The third kappa shape index (κ3) is 3.33. The maximum absolute atomic E-state index is 11.9. The van der Waals surface area contributed by atoms with E-state index in [0.717, 1.165) is 27.9 Å². The van der Waals surface area contributed by atoms with Crippen LogP contribution in [0.2, 0.25) is 0 Å². The Bertz CT molecular complexity index is 712. The van der Waals surface area contributed by atoms with E-state index in [4.69, 9.17) is 10.5 Å². The van der Waals surface area contributed by atoms with Crippen molar-refractivity contribution in [1.82, 2.24) is 15.1 Å². The Morgan fingerprint density at radius 2 is 2.22 bits per heavy atom. The molecule has 0 spiro atoms. The number of amides is 1. The number of aryl methyl sites for hydroxylation is 1. The molecule has 0 saturated carbocycles. The van der Waals surface area contributed by atoms with Gasteiger partial charge in [-0.05, 0) is 24.8 Å². The molecule has 3 N–H and O–H groups in total. The summed E-state index contributed by atoms with van der Waals surface area (Å²) < 4.78 is 6.36. The summed E-state index contributed by atoms with van der Waals surface area (Å²) in [6.45, 7) is 0.232. The van der Waals surface area contributed by atoms with Gasteiger partial charge in [-0.1, -0.05) is 30.3 Å². The quantitative estimate of drug-likeness (QED) is 0.828. The van der Waals surface area contributed by atoms with E-state index >= 15 is 0 Å². The molecule has 0 unspecified atom stereocenters. The van der Waals surface area contributed by atoms with Gasteiger partial charge in [0.25, 0.3) is 0 Å². The minimum Gasteiger partial charge on any atom is -0.445 e. The summed E-state index contributed by atoms with van der Waals surface area (Å²) in [7, 11) is 0. The molecule has 0 radical (unpaired) electrons. The highest BCUT2D eigenvalue weighted by Crippen LogP contribution is 2.25. The lowest BCUT2D eigenvalue weighted by atomic mass is 9.93. The molecule has 7 heteroatoms. The van der Waals surface area contributed by atoms with E-state index in [2.05, 4.69) is 10.4 Å². The van der Waals surface area contributed by atoms with E-state index in [1.54, 1.807) is 0 Å². The van der Waals surface area contributed by atoms with E-state index in [1.807, 2.05) is 30.3 Å². The van der Waals surface area contributed by atoms with E-state index in [9.17, 15) is 9.59 Å². The SMILES string of the molecule is Nc1c2c(nn1C=O)CC[C@H](NC(=O)OCc1ccccc1)C2. The summed E-state index contributed by atoms with van der Waals surface area (Å²) in [6.07, 6.45) is 2.09. The molecule has 1 amide bonds. The topological polar surface area (TPSA) is 99.2 Å². The second kappa shape index (κ2) is 6.51. The van der Waals surface area contributed by atoms with Gasteiger partial charge in [0.1, 0.15) is 12.4 Å². The zero-order valence-corrected chi connectivity index (χ0v) is 12.6. The summed E-state index contributed by atoms with van der Waals surface area (Å²) in [5, 5.41) is 6.98. The van der Waals surface area contributed by atoms with E-state index < -0.39 is 6.09 Å². The van der Waals surface area contributed by atoms with Crippen molar-refractivity contribution in [1.29, 1.82) is 0 Å².